The topological polar surface area (TPSA) is 67.9 Å². The van der Waals surface area contributed by atoms with E-state index in [0.29, 0.717) is 41.9 Å². The molecule has 3 rings (SSSR count). The van der Waals surface area contributed by atoms with Gasteiger partial charge in [0, 0.05) is 24.5 Å². The van der Waals surface area contributed by atoms with Gasteiger partial charge in [-0.3, -0.25) is 9.59 Å². The number of fused-ring (bicyclic) bond motifs is 1. The van der Waals surface area contributed by atoms with Crippen LogP contribution < -0.4 is 14.8 Å². The van der Waals surface area contributed by atoms with Gasteiger partial charge in [-0.05, 0) is 54.7 Å². The van der Waals surface area contributed by atoms with E-state index in [0.717, 1.165) is 11.1 Å². The van der Waals surface area contributed by atoms with Crippen molar-refractivity contribution in [2.75, 3.05) is 13.3 Å². The number of carbonyl (C=O) groups is 2. The van der Waals surface area contributed by atoms with Crippen LogP contribution in [0.4, 0.5) is 0 Å². The van der Waals surface area contributed by atoms with Crippen LogP contribution in [0.3, 0.4) is 0 Å². The third kappa shape index (κ3) is 6.37. The number of halogens is 1. The molecule has 0 aliphatic carbocycles. The van der Waals surface area contributed by atoms with E-state index < -0.39 is 6.04 Å². The van der Waals surface area contributed by atoms with Gasteiger partial charge in [-0.25, -0.2) is 0 Å². The van der Waals surface area contributed by atoms with Crippen molar-refractivity contribution in [3.05, 3.63) is 58.6 Å². The number of nitrogens with one attached hydrogen (secondary N) is 1. The lowest BCUT2D eigenvalue weighted by Crippen LogP contribution is -2.48. The predicted molar refractivity (Wildman–Crippen MR) is 120 cm³/mol. The zero-order chi connectivity index (χ0) is 22.4. The highest BCUT2D eigenvalue weighted by Gasteiger charge is 2.26. The van der Waals surface area contributed by atoms with E-state index in [4.69, 9.17) is 21.1 Å². The maximum absolute atomic E-state index is 13.2. The fourth-order valence-corrected chi connectivity index (χ4v) is 3.57. The molecule has 0 saturated heterocycles. The molecule has 1 aliphatic heterocycles. The first kappa shape index (κ1) is 22.9. The largest absolute Gasteiger partial charge is 0.454 e. The van der Waals surface area contributed by atoms with E-state index in [9.17, 15) is 9.59 Å². The Bertz CT molecular complexity index is 932. The second-order valence-corrected chi connectivity index (χ2v) is 8.59. The van der Waals surface area contributed by atoms with Gasteiger partial charge in [0.15, 0.2) is 11.5 Å². The Balaban J connectivity index is 1.70. The van der Waals surface area contributed by atoms with E-state index in [1.54, 1.807) is 17.9 Å². The maximum atomic E-state index is 13.2. The second-order valence-electron chi connectivity index (χ2n) is 8.15. The summed E-state index contributed by atoms with van der Waals surface area (Å²) in [6.45, 7) is 6.93. The minimum atomic E-state index is -0.595. The van der Waals surface area contributed by atoms with Crippen LogP contribution in [0.2, 0.25) is 5.02 Å². The molecule has 7 heteroatoms. The van der Waals surface area contributed by atoms with Gasteiger partial charge in [0.05, 0.1) is 0 Å². The molecule has 31 heavy (non-hydrogen) atoms. The fourth-order valence-electron chi connectivity index (χ4n) is 3.36. The summed E-state index contributed by atoms with van der Waals surface area (Å²) in [6, 6.07) is 12.4. The number of amides is 2. The molecular weight excluding hydrogens is 416 g/mol. The molecule has 1 N–H and O–H groups in total. The first-order valence-corrected chi connectivity index (χ1v) is 10.9. The monoisotopic (exact) mass is 444 g/mol. The molecular formula is C24H29ClN2O4. The van der Waals surface area contributed by atoms with Crippen molar-refractivity contribution in [3.8, 4) is 11.5 Å². The average molecular weight is 445 g/mol. The molecule has 2 aromatic carbocycles. The Morgan fingerprint density at radius 2 is 1.84 bits per heavy atom. The molecule has 166 valence electrons. The van der Waals surface area contributed by atoms with Crippen molar-refractivity contribution >= 4 is 23.4 Å². The van der Waals surface area contributed by atoms with Gasteiger partial charge in [0.1, 0.15) is 6.04 Å². The van der Waals surface area contributed by atoms with Crippen LogP contribution in [0, 0.1) is 5.92 Å². The predicted octanol–water partition coefficient (Wildman–Crippen LogP) is 4.19. The van der Waals surface area contributed by atoms with Gasteiger partial charge in [-0.15, -0.1) is 0 Å². The highest BCUT2D eigenvalue weighted by Crippen LogP contribution is 2.32. The Morgan fingerprint density at radius 1 is 1.06 bits per heavy atom. The van der Waals surface area contributed by atoms with Gasteiger partial charge in [0.2, 0.25) is 18.6 Å². The van der Waals surface area contributed by atoms with E-state index in [-0.39, 0.29) is 25.0 Å². The van der Waals surface area contributed by atoms with Crippen LogP contribution in [0.5, 0.6) is 11.5 Å². The van der Waals surface area contributed by atoms with Crippen molar-refractivity contribution in [2.45, 2.75) is 46.2 Å². The number of rotatable bonds is 9. The summed E-state index contributed by atoms with van der Waals surface area (Å²) in [6.07, 6.45) is 0.823. The van der Waals surface area contributed by atoms with Crippen LogP contribution in [0.15, 0.2) is 42.5 Å². The number of aryl methyl sites for hydroxylation is 1. The maximum Gasteiger partial charge on any atom is 0.242 e. The minimum Gasteiger partial charge on any atom is -0.454 e. The summed E-state index contributed by atoms with van der Waals surface area (Å²) in [4.78, 5) is 27.5. The van der Waals surface area contributed by atoms with E-state index in [2.05, 4.69) is 5.32 Å². The number of nitrogens with zero attached hydrogens (tertiary/aromatic N) is 1. The van der Waals surface area contributed by atoms with Crippen molar-refractivity contribution in [1.29, 1.82) is 0 Å². The van der Waals surface area contributed by atoms with E-state index >= 15 is 0 Å². The molecule has 0 unspecified atom stereocenters. The number of benzene rings is 2. The average Bonchev–Trinajstić information content (AvgIpc) is 3.21. The third-order valence-electron chi connectivity index (χ3n) is 5.16. The number of hydrogen-bond acceptors (Lipinski definition) is 4. The van der Waals surface area contributed by atoms with E-state index in [1.807, 2.05) is 50.2 Å². The van der Waals surface area contributed by atoms with Crippen molar-refractivity contribution in [2.24, 2.45) is 5.92 Å². The van der Waals surface area contributed by atoms with Crippen LogP contribution in [0.1, 0.15) is 38.3 Å². The molecule has 6 nitrogen and oxygen atoms in total. The van der Waals surface area contributed by atoms with Crippen LogP contribution in [0.25, 0.3) is 0 Å². The molecule has 0 bridgehead atoms. The quantitative estimate of drug-likeness (QED) is 0.629. The van der Waals surface area contributed by atoms with Gasteiger partial charge >= 0.3 is 0 Å². The summed E-state index contributed by atoms with van der Waals surface area (Å²) in [5, 5.41) is 3.53. The summed E-state index contributed by atoms with van der Waals surface area (Å²) in [7, 11) is 0. The minimum absolute atomic E-state index is 0.0927. The molecule has 0 radical (unpaired) electrons. The van der Waals surface area contributed by atoms with Crippen molar-refractivity contribution < 1.29 is 19.1 Å². The number of hydrogen-bond donors (Lipinski definition) is 1. The first-order valence-electron chi connectivity index (χ1n) is 10.5. The lowest BCUT2D eigenvalue weighted by molar-refractivity contribution is -0.140. The zero-order valence-electron chi connectivity index (χ0n) is 18.2. The fraction of sp³-hybridized carbons (Fsp3) is 0.417. The molecule has 0 aromatic heterocycles. The third-order valence-corrected chi connectivity index (χ3v) is 5.39. The summed E-state index contributed by atoms with van der Waals surface area (Å²) in [5.41, 5.74) is 1.87. The SMILES string of the molecule is CC(C)CNC(=O)[C@H](C)N(Cc1cccc(Cl)c1)C(=O)CCc1ccc2c(c1)OCO2. The summed E-state index contributed by atoms with van der Waals surface area (Å²) in [5.74, 6) is 1.49. The Hall–Kier alpha value is -2.73. The highest BCUT2D eigenvalue weighted by molar-refractivity contribution is 6.30. The van der Waals surface area contributed by atoms with Gasteiger partial charge in [0.25, 0.3) is 0 Å². The molecule has 1 atom stereocenters. The highest BCUT2D eigenvalue weighted by atomic mass is 35.5. The van der Waals surface area contributed by atoms with Gasteiger partial charge < -0.3 is 19.7 Å². The molecule has 0 fully saturated rings. The van der Waals surface area contributed by atoms with Crippen LogP contribution in [-0.4, -0.2) is 36.1 Å². The Kier molecular flexibility index (Phi) is 7.80. The summed E-state index contributed by atoms with van der Waals surface area (Å²) < 4.78 is 10.8. The lowest BCUT2D eigenvalue weighted by atomic mass is 10.1. The van der Waals surface area contributed by atoms with Crippen molar-refractivity contribution in [1.82, 2.24) is 10.2 Å². The van der Waals surface area contributed by atoms with Crippen LogP contribution >= 0.6 is 11.6 Å². The second kappa shape index (κ2) is 10.5. The molecule has 1 heterocycles. The lowest BCUT2D eigenvalue weighted by Gasteiger charge is -2.29. The first-order chi connectivity index (χ1) is 14.8. The number of ether oxygens (including phenoxy) is 2. The van der Waals surface area contributed by atoms with Gasteiger partial charge in [-0.1, -0.05) is 43.6 Å². The van der Waals surface area contributed by atoms with Crippen LogP contribution in [-0.2, 0) is 22.6 Å². The number of carbonyl (C=O) groups excluding carboxylic acids is 2. The Labute approximate surface area is 188 Å². The standard InChI is InChI=1S/C24H29ClN2O4/c1-16(2)13-26-24(29)17(3)27(14-19-5-4-6-20(25)11-19)23(28)10-8-18-7-9-21-22(12-18)31-15-30-21/h4-7,9,11-12,16-17H,8,10,13-15H2,1-3H3,(H,26,29)/t17-/m0/s1. The molecule has 1 aliphatic rings. The normalized spacial score (nSPS) is 13.2. The molecule has 2 aromatic rings. The molecule has 2 amide bonds. The van der Waals surface area contributed by atoms with E-state index in [1.165, 1.54) is 0 Å². The summed E-state index contributed by atoms with van der Waals surface area (Å²) >= 11 is 6.12. The smallest absolute Gasteiger partial charge is 0.242 e. The van der Waals surface area contributed by atoms with Gasteiger partial charge in [-0.2, -0.15) is 0 Å². The zero-order valence-corrected chi connectivity index (χ0v) is 18.9. The molecule has 0 spiro atoms. The molecule has 0 saturated carbocycles. The van der Waals surface area contributed by atoms with Crippen molar-refractivity contribution in [3.63, 3.8) is 0 Å². The Morgan fingerprint density at radius 3 is 2.58 bits per heavy atom.